The topological polar surface area (TPSA) is 50.5 Å². The van der Waals surface area contributed by atoms with E-state index in [0.717, 1.165) is 11.8 Å². The molecule has 0 fully saturated rings. The lowest BCUT2D eigenvalue weighted by molar-refractivity contribution is -0.129. The fourth-order valence-electron chi connectivity index (χ4n) is 3.00. The minimum atomic E-state index is -0.673. The molecule has 1 aliphatic heterocycles. The Kier molecular flexibility index (Phi) is 5.25. The Labute approximate surface area is 150 Å². The third kappa shape index (κ3) is 3.87. The summed E-state index contributed by atoms with van der Waals surface area (Å²) in [5, 5.41) is 9.54. The number of halogens is 2. The highest BCUT2D eigenvalue weighted by Crippen LogP contribution is 2.30. The van der Waals surface area contributed by atoms with E-state index in [1.54, 1.807) is 12.4 Å². The number of benzene rings is 1. The van der Waals surface area contributed by atoms with Crippen LogP contribution >= 0.6 is 0 Å². The molecular formula is C19H20F2N4O. The van der Waals surface area contributed by atoms with Crippen LogP contribution in [0.25, 0.3) is 0 Å². The summed E-state index contributed by atoms with van der Waals surface area (Å²) in [5.74, 6) is -1.67. The molecule has 1 atom stereocenters. The molecule has 3 rings (SSSR count). The maximum absolute atomic E-state index is 13.5. The number of aryl methyl sites for hydroxylation is 2. The number of hydrogen-bond acceptors (Lipinski definition) is 3. The van der Waals surface area contributed by atoms with Gasteiger partial charge in [0.1, 0.15) is 11.6 Å². The summed E-state index contributed by atoms with van der Waals surface area (Å²) in [5.41, 5.74) is 1.85. The number of carbonyl (C=O) groups is 1. The van der Waals surface area contributed by atoms with Crippen molar-refractivity contribution in [1.29, 1.82) is 0 Å². The molecular weight excluding hydrogens is 338 g/mol. The second-order valence-corrected chi connectivity index (χ2v) is 6.30. The molecule has 1 unspecified atom stereocenters. The average molecular weight is 358 g/mol. The fraction of sp³-hybridized carbons (Fsp3) is 0.316. The van der Waals surface area contributed by atoms with Gasteiger partial charge >= 0.3 is 0 Å². The standard InChI is InChI=1S/C19H20F2N4O/c1-13(4-3-9-24-14(2)5-7-22-24)19(26)25-18(6-8-23-25)15-10-16(20)12-17(21)11-15/h5,7-8,10-12,18H,1,3-4,6,9H2,2H3. The van der Waals surface area contributed by atoms with E-state index in [1.807, 2.05) is 17.7 Å². The molecule has 0 bridgehead atoms. The van der Waals surface area contributed by atoms with E-state index in [1.165, 1.54) is 17.1 Å². The van der Waals surface area contributed by atoms with Gasteiger partial charge in [0.2, 0.25) is 0 Å². The van der Waals surface area contributed by atoms with E-state index >= 15 is 0 Å². The van der Waals surface area contributed by atoms with Crippen molar-refractivity contribution in [3.63, 3.8) is 0 Å². The second-order valence-electron chi connectivity index (χ2n) is 6.30. The first kappa shape index (κ1) is 18.0. The molecule has 1 amide bonds. The normalized spacial score (nSPS) is 16.3. The van der Waals surface area contributed by atoms with E-state index in [2.05, 4.69) is 16.8 Å². The Bertz CT molecular complexity index is 839. The molecule has 2 heterocycles. The van der Waals surface area contributed by atoms with Gasteiger partial charge in [0, 0.05) is 42.7 Å². The molecule has 2 aromatic rings. The fourth-order valence-corrected chi connectivity index (χ4v) is 3.00. The van der Waals surface area contributed by atoms with Crippen molar-refractivity contribution in [1.82, 2.24) is 14.8 Å². The van der Waals surface area contributed by atoms with Crippen LogP contribution in [0.4, 0.5) is 8.78 Å². The smallest absolute Gasteiger partial charge is 0.269 e. The van der Waals surface area contributed by atoms with E-state index < -0.39 is 17.7 Å². The van der Waals surface area contributed by atoms with Crippen LogP contribution in [0, 0.1) is 18.6 Å². The molecule has 0 aliphatic carbocycles. The van der Waals surface area contributed by atoms with Gasteiger partial charge in [-0.1, -0.05) is 6.58 Å². The van der Waals surface area contributed by atoms with E-state index in [0.29, 0.717) is 36.9 Å². The number of rotatable bonds is 6. The van der Waals surface area contributed by atoms with Gasteiger partial charge in [-0.2, -0.15) is 10.2 Å². The summed E-state index contributed by atoms with van der Waals surface area (Å²) in [4.78, 5) is 12.7. The highest BCUT2D eigenvalue weighted by atomic mass is 19.1. The van der Waals surface area contributed by atoms with Crippen LogP contribution in [0.2, 0.25) is 0 Å². The largest absolute Gasteiger partial charge is 0.270 e. The van der Waals surface area contributed by atoms with Crippen molar-refractivity contribution in [2.24, 2.45) is 5.10 Å². The Morgan fingerprint density at radius 1 is 1.31 bits per heavy atom. The number of hydrogen-bond donors (Lipinski definition) is 0. The third-order valence-electron chi connectivity index (χ3n) is 4.39. The molecule has 136 valence electrons. The van der Waals surface area contributed by atoms with Gasteiger partial charge in [-0.05, 0) is 43.5 Å². The zero-order valence-corrected chi connectivity index (χ0v) is 14.5. The number of amides is 1. The first-order valence-corrected chi connectivity index (χ1v) is 8.44. The minimum Gasteiger partial charge on any atom is -0.270 e. The van der Waals surface area contributed by atoms with Crippen molar-refractivity contribution in [2.75, 3.05) is 0 Å². The molecule has 0 saturated carbocycles. The van der Waals surface area contributed by atoms with Crippen molar-refractivity contribution in [3.05, 3.63) is 65.5 Å². The predicted molar refractivity (Wildman–Crippen MR) is 94.4 cm³/mol. The van der Waals surface area contributed by atoms with Crippen LogP contribution in [-0.2, 0) is 11.3 Å². The van der Waals surface area contributed by atoms with Crippen molar-refractivity contribution in [2.45, 2.75) is 38.8 Å². The van der Waals surface area contributed by atoms with Gasteiger partial charge in [-0.25, -0.2) is 13.8 Å². The second kappa shape index (κ2) is 7.59. The Morgan fingerprint density at radius 2 is 2.04 bits per heavy atom. The lowest BCUT2D eigenvalue weighted by Gasteiger charge is -2.23. The Balaban J connectivity index is 1.63. The average Bonchev–Trinajstić information content (AvgIpc) is 3.22. The maximum Gasteiger partial charge on any atom is 0.269 e. The summed E-state index contributed by atoms with van der Waals surface area (Å²) in [6.45, 7) is 6.52. The van der Waals surface area contributed by atoms with Crippen molar-refractivity contribution >= 4 is 12.1 Å². The SMILES string of the molecule is C=C(CCCn1nccc1C)C(=O)N1N=CCC1c1cc(F)cc(F)c1. The molecule has 7 heteroatoms. The van der Waals surface area contributed by atoms with Crippen LogP contribution in [0.3, 0.4) is 0 Å². The number of nitrogens with zero attached hydrogens (tertiary/aromatic N) is 4. The molecule has 0 radical (unpaired) electrons. The first-order valence-electron chi connectivity index (χ1n) is 8.44. The van der Waals surface area contributed by atoms with Gasteiger partial charge in [0.25, 0.3) is 5.91 Å². The van der Waals surface area contributed by atoms with Crippen LogP contribution in [0.15, 0.2) is 47.7 Å². The van der Waals surface area contributed by atoms with E-state index in [9.17, 15) is 13.6 Å². The highest BCUT2D eigenvalue weighted by Gasteiger charge is 2.30. The molecule has 1 aromatic carbocycles. The highest BCUT2D eigenvalue weighted by molar-refractivity contribution is 5.94. The van der Waals surface area contributed by atoms with Gasteiger partial charge in [-0.3, -0.25) is 9.48 Å². The Hall–Kier alpha value is -2.83. The summed E-state index contributed by atoms with van der Waals surface area (Å²) in [6, 6.07) is 4.67. The zero-order valence-electron chi connectivity index (χ0n) is 14.5. The van der Waals surface area contributed by atoms with Crippen LogP contribution in [-0.4, -0.2) is 26.9 Å². The molecule has 1 aliphatic rings. The molecule has 0 N–H and O–H groups in total. The summed E-state index contributed by atoms with van der Waals surface area (Å²) in [6.07, 6.45) is 4.93. The molecule has 0 saturated heterocycles. The maximum atomic E-state index is 13.5. The van der Waals surface area contributed by atoms with Gasteiger partial charge < -0.3 is 0 Å². The predicted octanol–water partition coefficient (Wildman–Crippen LogP) is 3.77. The Morgan fingerprint density at radius 3 is 2.69 bits per heavy atom. The first-order chi connectivity index (χ1) is 12.5. The minimum absolute atomic E-state index is 0.328. The quantitative estimate of drug-likeness (QED) is 0.738. The molecule has 1 aromatic heterocycles. The van der Waals surface area contributed by atoms with Crippen LogP contribution in [0.5, 0.6) is 0 Å². The summed E-state index contributed by atoms with van der Waals surface area (Å²) >= 11 is 0. The number of carbonyl (C=O) groups excluding carboxylic acids is 1. The van der Waals surface area contributed by atoms with Crippen LogP contribution in [0.1, 0.15) is 36.6 Å². The van der Waals surface area contributed by atoms with E-state index in [-0.39, 0.29) is 5.91 Å². The molecule has 26 heavy (non-hydrogen) atoms. The monoisotopic (exact) mass is 358 g/mol. The van der Waals surface area contributed by atoms with E-state index in [4.69, 9.17) is 0 Å². The lowest BCUT2D eigenvalue weighted by Crippen LogP contribution is -2.28. The lowest BCUT2D eigenvalue weighted by atomic mass is 10.0. The summed E-state index contributed by atoms with van der Waals surface area (Å²) in [7, 11) is 0. The van der Waals surface area contributed by atoms with Gasteiger partial charge in [0.05, 0.1) is 6.04 Å². The molecule has 0 spiro atoms. The third-order valence-corrected chi connectivity index (χ3v) is 4.39. The van der Waals surface area contributed by atoms with Gasteiger partial charge in [0.15, 0.2) is 0 Å². The summed E-state index contributed by atoms with van der Waals surface area (Å²) < 4.78 is 28.8. The van der Waals surface area contributed by atoms with Gasteiger partial charge in [-0.15, -0.1) is 0 Å². The van der Waals surface area contributed by atoms with Crippen molar-refractivity contribution < 1.29 is 13.6 Å². The number of hydrazone groups is 1. The van der Waals surface area contributed by atoms with Crippen molar-refractivity contribution in [3.8, 4) is 0 Å². The van der Waals surface area contributed by atoms with Crippen LogP contribution < -0.4 is 0 Å². The zero-order chi connectivity index (χ0) is 18.7. The number of aromatic nitrogens is 2. The molecule has 5 nitrogen and oxygen atoms in total.